The van der Waals surface area contributed by atoms with Gasteiger partial charge in [-0.3, -0.25) is 0 Å². The summed E-state index contributed by atoms with van der Waals surface area (Å²) in [6.45, 7) is 2.34. The maximum absolute atomic E-state index is 3.57. The third-order valence-corrected chi connectivity index (χ3v) is 5.00. The van der Waals surface area contributed by atoms with Crippen LogP contribution in [0.15, 0.2) is 30.3 Å². The Bertz CT molecular complexity index is 338. The predicted octanol–water partition coefficient (Wildman–Crippen LogP) is 4.42. The molecule has 0 radical (unpaired) electrons. The first-order chi connectivity index (χ1) is 9.33. The van der Waals surface area contributed by atoms with Crippen molar-refractivity contribution in [1.82, 2.24) is 5.32 Å². The third kappa shape index (κ3) is 4.35. The zero-order valence-electron chi connectivity index (χ0n) is 12.6. The highest BCUT2D eigenvalue weighted by atomic mass is 14.9. The Balaban J connectivity index is 1.80. The molecule has 1 N–H and O–H groups in total. The van der Waals surface area contributed by atoms with E-state index in [2.05, 4.69) is 49.6 Å². The minimum Gasteiger partial charge on any atom is -0.317 e. The second-order valence-electron chi connectivity index (χ2n) is 6.11. The average Bonchev–Trinajstić information content (AvgIpc) is 2.49. The molecule has 1 unspecified atom stereocenters. The van der Waals surface area contributed by atoms with Gasteiger partial charge in [0.25, 0.3) is 0 Å². The standard InChI is InChI=1S/C18H29N/c1-3-15-9-12-17(13-10-15)18(19-2)14-11-16-7-5-4-6-8-16/h4-8,15,17-19H,3,9-14H2,1-2H3. The normalized spacial score (nSPS) is 25.2. The van der Waals surface area contributed by atoms with Crippen LogP contribution >= 0.6 is 0 Å². The molecule has 1 aliphatic rings. The molecule has 2 rings (SSSR count). The van der Waals surface area contributed by atoms with Gasteiger partial charge in [-0.1, -0.05) is 56.5 Å². The van der Waals surface area contributed by atoms with Crippen molar-refractivity contribution in [3.05, 3.63) is 35.9 Å². The molecule has 19 heavy (non-hydrogen) atoms. The van der Waals surface area contributed by atoms with E-state index in [1.807, 2.05) is 0 Å². The van der Waals surface area contributed by atoms with Crippen LogP contribution in [0, 0.1) is 11.8 Å². The quantitative estimate of drug-likeness (QED) is 0.797. The Morgan fingerprint density at radius 1 is 1.11 bits per heavy atom. The lowest BCUT2D eigenvalue weighted by molar-refractivity contribution is 0.217. The Morgan fingerprint density at radius 3 is 2.37 bits per heavy atom. The zero-order chi connectivity index (χ0) is 13.5. The number of aryl methyl sites for hydroxylation is 1. The topological polar surface area (TPSA) is 12.0 Å². The van der Waals surface area contributed by atoms with Gasteiger partial charge in [0.2, 0.25) is 0 Å². The maximum Gasteiger partial charge on any atom is 0.00954 e. The first kappa shape index (κ1) is 14.6. The van der Waals surface area contributed by atoms with E-state index >= 15 is 0 Å². The number of benzene rings is 1. The maximum atomic E-state index is 3.57. The second kappa shape index (κ2) is 7.69. The molecule has 0 saturated heterocycles. The number of hydrogen-bond acceptors (Lipinski definition) is 1. The average molecular weight is 259 g/mol. The van der Waals surface area contributed by atoms with Crippen LogP contribution < -0.4 is 5.32 Å². The summed E-state index contributed by atoms with van der Waals surface area (Å²) in [5.41, 5.74) is 1.48. The fraction of sp³-hybridized carbons (Fsp3) is 0.667. The first-order valence-electron chi connectivity index (χ1n) is 8.04. The summed E-state index contributed by atoms with van der Waals surface area (Å²) in [6, 6.07) is 11.6. The highest BCUT2D eigenvalue weighted by Gasteiger charge is 2.25. The van der Waals surface area contributed by atoms with E-state index in [-0.39, 0.29) is 0 Å². The summed E-state index contributed by atoms with van der Waals surface area (Å²) in [6.07, 6.45) is 9.62. The Kier molecular flexibility index (Phi) is 5.91. The van der Waals surface area contributed by atoms with Crippen molar-refractivity contribution < 1.29 is 0 Å². The number of nitrogens with one attached hydrogen (secondary N) is 1. The molecule has 1 heteroatoms. The predicted molar refractivity (Wildman–Crippen MR) is 83.3 cm³/mol. The molecule has 0 spiro atoms. The lowest BCUT2D eigenvalue weighted by atomic mass is 9.76. The van der Waals surface area contributed by atoms with Crippen LogP contribution in [0.4, 0.5) is 0 Å². The van der Waals surface area contributed by atoms with E-state index in [0.717, 1.165) is 11.8 Å². The van der Waals surface area contributed by atoms with Crippen molar-refractivity contribution in [2.24, 2.45) is 11.8 Å². The van der Waals surface area contributed by atoms with Crippen molar-refractivity contribution >= 4 is 0 Å². The van der Waals surface area contributed by atoms with E-state index in [4.69, 9.17) is 0 Å². The second-order valence-corrected chi connectivity index (χ2v) is 6.11. The highest BCUT2D eigenvalue weighted by Crippen LogP contribution is 2.33. The number of rotatable bonds is 6. The summed E-state index contributed by atoms with van der Waals surface area (Å²) in [7, 11) is 2.14. The van der Waals surface area contributed by atoms with Crippen LogP contribution in [0.5, 0.6) is 0 Å². The molecule has 0 aromatic heterocycles. The lowest BCUT2D eigenvalue weighted by Crippen LogP contribution is -2.36. The molecule has 1 aromatic carbocycles. The molecule has 106 valence electrons. The fourth-order valence-corrected chi connectivity index (χ4v) is 3.58. The van der Waals surface area contributed by atoms with E-state index < -0.39 is 0 Å². The molecule has 0 amide bonds. The summed E-state index contributed by atoms with van der Waals surface area (Å²) < 4.78 is 0. The van der Waals surface area contributed by atoms with E-state index in [1.165, 1.54) is 50.5 Å². The molecule has 0 bridgehead atoms. The van der Waals surface area contributed by atoms with Gasteiger partial charge in [-0.15, -0.1) is 0 Å². The zero-order valence-corrected chi connectivity index (χ0v) is 12.6. The fourth-order valence-electron chi connectivity index (χ4n) is 3.58. The van der Waals surface area contributed by atoms with Crippen molar-refractivity contribution in [3.63, 3.8) is 0 Å². The first-order valence-corrected chi connectivity index (χ1v) is 8.04. The van der Waals surface area contributed by atoms with Gasteiger partial charge in [-0.25, -0.2) is 0 Å². The van der Waals surface area contributed by atoms with Gasteiger partial charge in [0.05, 0.1) is 0 Å². The molecule has 0 heterocycles. The van der Waals surface area contributed by atoms with Crippen LogP contribution in [0.25, 0.3) is 0 Å². The minimum atomic E-state index is 0.706. The molecule has 0 aliphatic heterocycles. The van der Waals surface area contributed by atoms with Crippen LogP contribution in [-0.4, -0.2) is 13.1 Å². The third-order valence-electron chi connectivity index (χ3n) is 5.00. The summed E-state index contributed by atoms with van der Waals surface area (Å²) in [4.78, 5) is 0. The van der Waals surface area contributed by atoms with Crippen LogP contribution in [0.2, 0.25) is 0 Å². The van der Waals surface area contributed by atoms with Crippen LogP contribution in [0.3, 0.4) is 0 Å². The van der Waals surface area contributed by atoms with E-state index in [1.54, 1.807) is 0 Å². The van der Waals surface area contributed by atoms with Gasteiger partial charge in [0.15, 0.2) is 0 Å². The van der Waals surface area contributed by atoms with Gasteiger partial charge >= 0.3 is 0 Å². The SMILES string of the molecule is CCC1CCC(C(CCc2ccccc2)NC)CC1. The van der Waals surface area contributed by atoms with Gasteiger partial charge in [-0.2, -0.15) is 0 Å². The Morgan fingerprint density at radius 2 is 1.79 bits per heavy atom. The number of hydrogen-bond donors (Lipinski definition) is 1. The molecular formula is C18H29N. The minimum absolute atomic E-state index is 0.706. The van der Waals surface area contributed by atoms with E-state index in [9.17, 15) is 0 Å². The largest absolute Gasteiger partial charge is 0.317 e. The Labute approximate surface area is 118 Å². The Hall–Kier alpha value is -0.820. The monoisotopic (exact) mass is 259 g/mol. The van der Waals surface area contributed by atoms with Gasteiger partial charge in [0, 0.05) is 6.04 Å². The molecular weight excluding hydrogens is 230 g/mol. The van der Waals surface area contributed by atoms with Gasteiger partial charge < -0.3 is 5.32 Å². The van der Waals surface area contributed by atoms with E-state index in [0.29, 0.717) is 6.04 Å². The molecule has 1 fully saturated rings. The van der Waals surface area contributed by atoms with Crippen molar-refractivity contribution in [2.75, 3.05) is 7.05 Å². The summed E-state index contributed by atoms with van der Waals surface area (Å²) in [5.74, 6) is 1.90. The smallest absolute Gasteiger partial charge is 0.00954 e. The summed E-state index contributed by atoms with van der Waals surface area (Å²) >= 11 is 0. The van der Waals surface area contributed by atoms with Gasteiger partial charge in [0.1, 0.15) is 0 Å². The van der Waals surface area contributed by atoms with Crippen LogP contribution in [-0.2, 0) is 6.42 Å². The molecule has 1 saturated carbocycles. The van der Waals surface area contributed by atoms with Crippen LogP contribution in [0.1, 0.15) is 51.0 Å². The lowest BCUT2D eigenvalue weighted by Gasteiger charge is -2.33. The molecule has 1 atom stereocenters. The molecule has 1 aromatic rings. The van der Waals surface area contributed by atoms with Crippen molar-refractivity contribution in [2.45, 2.75) is 57.9 Å². The van der Waals surface area contributed by atoms with Gasteiger partial charge in [-0.05, 0) is 50.1 Å². The summed E-state index contributed by atoms with van der Waals surface area (Å²) in [5, 5.41) is 3.57. The molecule has 1 aliphatic carbocycles. The highest BCUT2D eigenvalue weighted by molar-refractivity contribution is 5.14. The van der Waals surface area contributed by atoms with Crippen molar-refractivity contribution in [1.29, 1.82) is 0 Å². The van der Waals surface area contributed by atoms with Crippen molar-refractivity contribution in [3.8, 4) is 0 Å². The molecule has 1 nitrogen and oxygen atoms in total.